The van der Waals surface area contributed by atoms with Gasteiger partial charge in [-0.15, -0.1) is 0 Å². The molecule has 94 valence electrons. The van der Waals surface area contributed by atoms with Gasteiger partial charge >= 0.3 is 0 Å². The van der Waals surface area contributed by atoms with Crippen LogP contribution in [0.25, 0.3) is 0 Å². The van der Waals surface area contributed by atoms with E-state index in [1.807, 2.05) is 0 Å². The summed E-state index contributed by atoms with van der Waals surface area (Å²) in [7, 11) is 0. The Morgan fingerprint density at radius 3 is 2.75 bits per heavy atom. The summed E-state index contributed by atoms with van der Waals surface area (Å²) < 4.78 is 0. The van der Waals surface area contributed by atoms with Crippen molar-refractivity contribution in [2.24, 2.45) is 5.92 Å². The van der Waals surface area contributed by atoms with Crippen LogP contribution in [0.5, 0.6) is 0 Å². The van der Waals surface area contributed by atoms with Crippen molar-refractivity contribution in [3.05, 3.63) is 11.6 Å². The van der Waals surface area contributed by atoms with Crippen LogP contribution in [0.1, 0.15) is 33.6 Å². The fourth-order valence-electron chi connectivity index (χ4n) is 2.50. The van der Waals surface area contributed by atoms with Crippen LogP contribution in [-0.4, -0.2) is 36.6 Å². The van der Waals surface area contributed by atoms with Gasteiger partial charge in [0.15, 0.2) is 0 Å². The fraction of sp³-hybridized carbons (Fsp3) is 0.846. The third-order valence-corrected chi connectivity index (χ3v) is 3.85. The van der Waals surface area contributed by atoms with E-state index in [0.717, 1.165) is 24.7 Å². The van der Waals surface area contributed by atoms with Gasteiger partial charge in [0.2, 0.25) is 0 Å². The third kappa shape index (κ3) is 3.76. The third-order valence-electron chi connectivity index (χ3n) is 3.73. The summed E-state index contributed by atoms with van der Waals surface area (Å²) in [5, 5.41) is 4.39. The van der Waals surface area contributed by atoms with Gasteiger partial charge in [0.05, 0.1) is 0 Å². The number of piperidine rings is 1. The normalized spacial score (nSPS) is 31.6. The van der Waals surface area contributed by atoms with Crippen LogP contribution in [-0.2, 0) is 0 Å². The maximum atomic E-state index is 5.89. The molecule has 0 aliphatic carbocycles. The number of rotatable bonds is 5. The number of likely N-dealkylation sites (tertiary alicyclic amines) is 1. The van der Waals surface area contributed by atoms with E-state index in [2.05, 4.69) is 37.6 Å². The lowest BCUT2D eigenvalue weighted by Gasteiger charge is -2.43. The number of hydrogen-bond acceptors (Lipinski definition) is 2. The van der Waals surface area contributed by atoms with E-state index in [9.17, 15) is 0 Å². The second kappa shape index (κ2) is 6.63. The van der Waals surface area contributed by atoms with Crippen LogP contribution in [0, 0.1) is 5.92 Å². The molecule has 0 aromatic carbocycles. The van der Waals surface area contributed by atoms with Gasteiger partial charge in [0.1, 0.15) is 0 Å². The molecule has 3 atom stereocenters. The first-order chi connectivity index (χ1) is 7.56. The molecule has 1 N–H and O–H groups in total. The van der Waals surface area contributed by atoms with Gasteiger partial charge in [0.25, 0.3) is 0 Å². The molecule has 2 nitrogen and oxygen atoms in total. The highest BCUT2D eigenvalue weighted by Crippen LogP contribution is 2.24. The lowest BCUT2D eigenvalue weighted by molar-refractivity contribution is 0.0953. The van der Waals surface area contributed by atoms with Crippen LogP contribution < -0.4 is 5.32 Å². The molecule has 1 heterocycles. The van der Waals surface area contributed by atoms with Crippen LogP contribution in [0.4, 0.5) is 0 Å². The summed E-state index contributed by atoms with van der Waals surface area (Å²) in [6.07, 6.45) is 2.43. The molecule has 1 rings (SSSR count). The molecule has 16 heavy (non-hydrogen) atoms. The topological polar surface area (TPSA) is 15.3 Å². The monoisotopic (exact) mass is 244 g/mol. The second-order valence-corrected chi connectivity index (χ2v) is 5.47. The predicted molar refractivity (Wildman–Crippen MR) is 71.9 cm³/mol. The second-order valence-electron chi connectivity index (χ2n) is 4.94. The van der Waals surface area contributed by atoms with Crippen molar-refractivity contribution in [3.8, 4) is 0 Å². The zero-order chi connectivity index (χ0) is 12.1. The molecule has 0 bridgehead atoms. The highest BCUT2D eigenvalue weighted by molar-refractivity contribution is 6.29. The van der Waals surface area contributed by atoms with E-state index in [4.69, 9.17) is 11.6 Å². The Balaban J connectivity index is 2.47. The van der Waals surface area contributed by atoms with Gasteiger partial charge in [-0.1, -0.05) is 32.0 Å². The Hall–Kier alpha value is -0.0500. The zero-order valence-electron chi connectivity index (χ0n) is 10.8. The molecule has 1 aliphatic rings. The molecule has 0 radical (unpaired) electrons. The summed E-state index contributed by atoms with van der Waals surface area (Å²) >= 11 is 5.89. The van der Waals surface area contributed by atoms with E-state index in [0.29, 0.717) is 18.0 Å². The number of hydrogen-bond donors (Lipinski definition) is 1. The van der Waals surface area contributed by atoms with Crippen molar-refractivity contribution in [1.82, 2.24) is 10.2 Å². The van der Waals surface area contributed by atoms with Crippen molar-refractivity contribution >= 4 is 11.6 Å². The lowest BCUT2D eigenvalue weighted by atomic mass is 9.87. The van der Waals surface area contributed by atoms with E-state index < -0.39 is 0 Å². The quantitative estimate of drug-likeness (QED) is 0.800. The molecule has 0 spiro atoms. The van der Waals surface area contributed by atoms with E-state index >= 15 is 0 Å². The van der Waals surface area contributed by atoms with E-state index in [1.165, 1.54) is 12.8 Å². The van der Waals surface area contributed by atoms with Gasteiger partial charge in [-0.3, -0.25) is 4.90 Å². The maximum Gasteiger partial charge on any atom is 0.0338 e. The molecule has 1 fully saturated rings. The highest BCUT2D eigenvalue weighted by atomic mass is 35.5. The molecular formula is C13H25ClN2. The van der Waals surface area contributed by atoms with Gasteiger partial charge < -0.3 is 5.32 Å². The summed E-state index contributed by atoms with van der Waals surface area (Å²) in [5.41, 5.74) is 0. The molecule has 1 aliphatic heterocycles. The largest absolute Gasteiger partial charge is 0.314 e. The minimum absolute atomic E-state index is 0.582. The van der Waals surface area contributed by atoms with Gasteiger partial charge in [-0.25, -0.2) is 0 Å². The summed E-state index contributed by atoms with van der Waals surface area (Å²) in [6.45, 7) is 13.7. The number of nitrogens with zero attached hydrogens (tertiary/aromatic N) is 1. The molecule has 3 unspecified atom stereocenters. The van der Waals surface area contributed by atoms with Crippen molar-refractivity contribution < 1.29 is 0 Å². The number of halogens is 1. The molecule has 0 aromatic rings. The minimum Gasteiger partial charge on any atom is -0.314 e. The van der Waals surface area contributed by atoms with Crippen molar-refractivity contribution in [3.63, 3.8) is 0 Å². The Kier molecular flexibility index (Phi) is 5.81. The SMILES string of the molecule is C=C(Cl)CN1CCC(NCCC)C(C)C1C. The van der Waals surface area contributed by atoms with Crippen LogP contribution in [0.15, 0.2) is 11.6 Å². The van der Waals surface area contributed by atoms with E-state index in [1.54, 1.807) is 0 Å². The molecular weight excluding hydrogens is 220 g/mol. The van der Waals surface area contributed by atoms with Crippen LogP contribution in [0.3, 0.4) is 0 Å². The van der Waals surface area contributed by atoms with E-state index in [-0.39, 0.29) is 0 Å². The first-order valence-corrected chi connectivity index (χ1v) is 6.74. The average molecular weight is 245 g/mol. The van der Waals surface area contributed by atoms with Gasteiger partial charge in [-0.2, -0.15) is 0 Å². The van der Waals surface area contributed by atoms with Gasteiger partial charge in [0, 0.05) is 30.2 Å². The maximum absolute atomic E-state index is 5.89. The average Bonchev–Trinajstić information content (AvgIpc) is 2.23. The molecule has 0 amide bonds. The lowest BCUT2D eigenvalue weighted by Crippen LogP contribution is -2.53. The van der Waals surface area contributed by atoms with Crippen molar-refractivity contribution in [2.45, 2.75) is 45.7 Å². The molecule has 0 aromatic heterocycles. The molecule has 3 heteroatoms. The number of nitrogens with one attached hydrogen (secondary N) is 1. The van der Waals surface area contributed by atoms with Crippen LogP contribution >= 0.6 is 11.6 Å². The Morgan fingerprint density at radius 2 is 2.19 bits per heavy atom. The first-order valence-electron chi connectivity index (χ1n) is 6.37. The zero-order valence-corrected chi connectivity index (χ0v) is 11.6. The highest BCUT2D eigenvalue weighted by Gasteiger charge is 2.31. The summed E-state index contributed by atoms with van der Waals surface area (Å²) in [6, 6.07) is 1.24. The summed E-state index contributed by atoms with van der Waals surface area (Å²) in [4.78, 5) is 2.43. The standard InChI is InChI=1S/C13H25ClN2/c1-5-7-15-13-6-8-16(9-10(2)14)12(4)11(13)3/h11-13,15H,2,5-9H2,1,3-4H3. The molecule has 1 saturated heterocycles. The first kappa shape index (κ1) is 14.0. The fourth-order valence-corrected chi connectivity index (χ4v) is 2.65. The smallest absolute Gasteiger partial charge is 0.0338 e. The summed E-state index contributed by atoms with van der Waals surface area (Å²) in [5.74, 6) is 0.677. The van der Waals surface area contributed by atoms with Gasteiger partial charge in [-0.05, 0) is 32.2 Å². The van der Waals surface area contributed by atoms with Crippen molar-refractivity contribution in [1.29, 1.82) is 0 Å². The Labute approximate surface area is 105 Å². The van der Waals surface area contributed by atoms with Crippen LogP contribution in [0.2, 0.25) is 0 Å². The minimum atomic E-state index is 0.582. The van der Waals surface area contributed by atoms with Crippen molar-refractivity contribution in [2.75, 3.05) is 19.6 Å². The Bertz CT molecular complexity index is 230. The molecule has 0 saturated carbocycles. The Morgan fingerprint density at radius 1 is 1.50 bits per heavy atom. The predicted octanol–water partition coefficient (Wildman–Crippen LogP) is 2.84.